The Kier molecular flexibility index (Phi) is 5.56. The van der Waals surface area contributed by atoms with Gasteiger partial charge in [0.05, 0.1) is 15.3 Å². The van der Waals surface area contributed by atoms with Crippen LogP contribution in [0, 0.1) is 6.92 Å². The van der Waals surface area contributed by atoms with Gasteiger partial charge in [-0.1, -0.05) is 12.1 Å². The number of nitrogens with one attached hydrogen (secondary N) is 1. The van der Waals surface area contributed by atoms with Crippen molar-refractivity contribution in [2.24, 2.45) is 0 Å². The predicted molar refractivity (Wildman–Crippen MR) is 88.0 cm³/mol. The van der Waals surface area contributed by atoms with Crippen LogP contribution in [0.25, 0.3) is 0 Å². The Morgan fingerprint density at radius 1 is 1.29 bits per heavy atom. The summed E-state index contributed by atoms with van der Waals surface area (Å²) >= 11 is 4.97. The number of hydrogen-bond acceptors (Lipinski definition) is 4. The SMILES string of the molecule is Cc1ccc(CO)cc1S(=O)(=O)NCCc1ccc(Br)s1. The Morgan fingerprint density at radius 3 is 2.67 bits per heavy atom. The van der Waals surface area contributed by atoms with Crippen LogP contribution in [-0.4, -0.2) is 20.1 Å². The van der Waals surface area contributed by atoms with Crippen molar-refractivity contribution in [2.75, 3.05) is 6.54 Å². The lowest BCUT2D eigenvalue weighted by Crippen LogP contribution is -2.26. The van der Waals surface area contributed by atoms with Crippen LogP contribution < -0.4 is 4.72 Å². The zero-order chi connectivity index (χ0) is 15.5. The van der Waals surface area contributed by atoms with E-state index in [1.807, 2.05) is 12.1 Å². The molecule has 0 fully saturated rings. The molecule has 0 unspecified atom stereocenters. The highest BCUT2D eigenvalue weighted by Crippen LogP contribution is 2.22. The maximum absolute atomic E-state index is 12.3. The van der Waals surface area contributed by atoms with Gasteiger partial charge in [-0.15, -0.1) is 11.3 Å². The van der Waals surface area contributed by atoms with E-state index in [9.17, 15) is 8.42 Å². The first kappa shape index (κ1) is 16.6. The molecule has 0 aliphatic rings. The van der Waals surface area contributed by atoms with Gasteiger partial charge in [0.1, 0.15) is 0 Å². The van der Waals surface area contributed by atoms with Gasteiger partial charge in [-0.2, -0.15) is 0 Å². The second kappa shape index (κ2) is 7.02. The first-order valence-electron chi connectivity index (χ1n) is 6.36. The van der Waals surface area contributed by atoms with E-state index in [-0.39, 0.29) is 11.5 Å². The summed E-state index contributed by atoms with van der Waals surface area (Å²) in [6, 6.07) is 8.86. The molecule has 0 saturated heterocycles. The standard InChI is InChI=1S/C14H16BrNO3S2/c1-10-2-3-11(9-17)8-13(10)21(18,19)16-7-6-12-4-5-14(15)20-12/h2-5,8,16-17H,6-7,9H2,1H3. The third-order valence-corrected chi connectivity index (χ3v) is 6.30. The van der Waals surface area contributed by atoms with Crippen molar-refractivity contribution < 1.29 is 13.5 Å². The molecule has 1 aromatic carbocycles. The van der Waals surface area contributed by atoms with Crippen molar-refractivity contribution >= 4 is 37.3 Å². The number of benzene rings is 1. The first-order chi connectivity index (χ1) is 9.92. The Hall–Kier alpha value is -0.730. The summed E-state index contributed by atoms with van der Waals surface area (Å²) in [6.45, 7) is 1.91. The molecule has 1 aromatic heterocycles. The van der Waals surface area contributed by atoms with E-state index < -0.39 is 10.0 Å². The molecular weight excluding hydrogens is 374 g/mol. The average molecular weight is 390 g/mol. The number of rotatable bonds is 6. The highest BCUT2D eigenvalue weighted by Gasteiger charge is 2.16. The van der Waals surface area contributed by atoms with E-state index in [1.165, 1.54) is 6.07 Å². The van der Waals surface area contributed by atoms with E-state index in [1.54, 1.807) is 30.4 Å². The topological polar surface area (TPSA) is 66.4 Å². The Labute approximate surface area is 137 Å². The minimum Gasteiger partial charge on any atom is -0.392 e. The zero-order valence-corrected chi connectivity index (χ0v) is 14.7. The molecule has 4 nitrogen and oxygen atoms in total. The molecule has 0 spiro atoms. The Bertz CT molecular complexity index is 726. The van der Waals surface area contributed by atoms with Crippen molar-refractivity contribution in [2.45, 2.75) is 24.8 Å². The summed E-state index contributed by atoms with van der Waals surface area (Å²) in [5, 5.41) is 9.13. The minimum absolute atomic E-state index is 0.175. The highest BCUT2D eigenvalue weighted by molar-refractivity contribution is 9.11. The molecule has 0 saturated carbocycles. The van der Waals surface area contributed by atoms with Gasteiger partial charge >= 0.3 is 0 Å². The number of halogens is 1. The zero-order valence-electron chi connectivity index (χ0n) is 11.5. The van der Waals surface area contributed by atoms with Gasteiger partial charge < -0.3 is 5.11 Å². The summed E-state index contributed by atoms with van der Waals surface area (Å²) in [4.78, 5) is 1.34. The van der Waals surface area contributed by atoms with Crippen molar-refractivity contribution in [3.63, 3.8) is 0 Å². The van der Waals surface area contributed by atoms with Gasteiger partial charge in [0.15, 0.2) is 0 Å². The molecule has 1 heterocycles. The summed E-state index contributed by atoms with van der Waals surface area (Å²) < 4.78 is 28.3. The van der Waals surface area contributed by atoms with Crippen molar-refractivity contribution in [1.29, 1.82) is 0 Å². The van der Waals surface area contributed by atoms with E-state index in [2.05, 4.69) is 20.7 Å². The minimum atomic E-state index is -3.56. The molecule has 0 bridgehead atoms. The lowest BCUT2D eigenvalue weighted by molar-refractivity contribution is 0.281. The summed E-state index contributed by atoms with van der Waals surface area (Å²) in [5.74, 6) is 0. The molecule has 21 heavy (non-hydrogen) atoms. The lowest BCUT2D eigenvalue weighted by atomic mass is 10.2. The maximum atomic E-state index is 12.3. The molecular formula is C14H16BrNO3S2. The van der Waals surface area contributed by atoms with E-state index in [0.717, 1.165) is 8.66 Å². The van der Waals surface area contributed by atoms with E-state index in [0.29, 0.717) is 24.1 Å². The van der Waals surface area contributed by atoms with Crippen molar-refractivity contribution in [1.82, 2.24) is 4.72 Å². The monoisotopic (exact) mass is 389 g/mol. The van der Waals surface area contributed by atoms with Gasteiger partial charge in [0.2, 0.25) is 10.0 Å². The molecule has 2 rings (SSSR count). The average Bonchev–Trinajstić information content (AvgIpc) is 2.84. The second-order valence-electron chi connectivity index (χ2n) is 4.61. The number of thiophene rings is 1. The van der Waals surface area contributed by atoms with Crippen LogP contribution in [0.4, 0.5) is 0 Å². The quantitative estimate of drug-likeness (QED) is 0.797. The van der Waals surface area contributed by atoms with Crippen LogP contribution in [0.5, 0.6) is 0 Å². The first-order valence-corrected chi connectivity index (χ1v) is 9.46. The van der Waals surface area contributed by atoms with Gasteiger partial charge in [-0.25, -0.2) is 13.1 Å². The number of aliphatic hydroxyl groups is 1. The molecule has 0 radical (unpaired) electrons. The third kappa shape index (κ3) is 4.37. The van der Waals surface area contributed by atoms with Gasteiger partial charge in [0, 0.05) is 11.4 Å². The maximum Gasteiger partial charge on any atom is 0.240 e. The largest absolute Gasteiger partial charge is 0.392 e. The normalized spacial score (nSPS) is 11.8. The van der Waals surface area contributed by atoms with Gasteiger partial charge in [0.25, 0.3) is 0 Å². The third-order valence-electron chi connectivity index (χ3n) is 3.02. The van der Waals surface area contributed by atoms with Crippen LogP contribution in [0.1, 0.15) is 16.0 Å². The second-order valence-corrected chi connectivity index (χ2v) is 8.89. The van der Waals surface area contributed by atoms with Crippen LogP contribution in [0.3, 0.4) is 0 Å². The van der Waals surface area contributed by atoms with E-state index >= 15 is 0 Å². The van der Waals surface area contributed by atoms with Crippen LogP contribution in [0.2, 0.25) is 0 Å². The number of aliphatic hydroxyl groups excluding tert-OH is 1. The summed E-state index contributed by atoms with van der Waals surface area (Å²) in [6.07, 6.45) is 0.647. The fourth-order valence-electron chi connectivity index (χ4n) is 1.90. The van der Waals surface area contributed by atoms with E-state index in [4.69, 9.17) is 5.11 Å². The number of aryl methyl sites for hydroxylation is 1. The molecule has 0 aliphatic heterocycles. The smallest absolute Gasteiger partial charge is 0.240 e. The van der Waals surface area contributed by atoms with Gasteiger partial charge in [-0.05, 0) is 58.6 Å². The van der Waals surface area contributed by atoms with Gasteiger partial charge in [-0.3, -0.25) is 0 Å². The molecule has 2 aromatic rings. The molecule has 114 valence electrons. The fraction of sp³-hybridized carbons (Fsp3) is 0.286. The Morgan fingerprint density at radius 2 is 2.05 bits per heavy atom. The van der Waals surface area contributed by atoms with Crippen molar-refractivity contribution in [3.8, 4) is 0 Å². The molecule has 0 amide bonds. The van der Waals surface area contributed by atoms with Crippen LogP contribution >= 0.6 is 27.3 Å². The van der Waals surface area contributed by atoms with Crippen LogP contribution in [-0.2, 0) is 23.1 Å². The molecule has 2 N–H and O–H groups in total. The summed E-state index contributed by atoms with van der Waals surface area (Å²) in [7, 11) is -3.56. The van der Waals surface area contributed by atoms with Crippen molar-refractivity contribution in [3.05, 3.63) is 50.1 Å². The number of sulfonamides is 1. The fourth-order valence-corrected chi connectivity index (χ4v) is 4.71. The highest BCUT2D eigenvalue weighted by atomic mass is 79.9. The predicted octanol–water partition coefficient (Wildman–Crippen LogP) is 2.83. The lowest BCUT2D eigenvalue weighted by Gasteiger charge is -2.10. The Balaban J connectivity index is 2.07. The summed E-state index contributed by atoms with van der Waals surface area (Å²) in [5.41, 5.74) is 1.25. The van der Waals surface area contributed by atoms with Crippen LogP contribution in [0.15, 0.2) is 39.0 Å². The molecule has 0 aliphatic carbocycles. The molecule has 7 heteroatoms. The molecule has 0 atom stereocenters. The number of hydrogen-bond donors (Lipinski definition) is 2.